The number of amides is 2. The number of carbonyl (C=O) groups excluding carboxylic acids is 1. The SMILES string of the molecule is CC(C)COc1ccccc1CNC(=O)N1CCC(N2CCCC2)C1. The van der Waals surface area contributed by atoms with Crippen molar-refractivity contribution in [1.82, 2.24) is 15.1 Å². The van der Waals surface area contributed by atoms with Crippen LogP contribution in [0.5, 0.6) is 5.75 Å². The summed E-state index contributed by atoms with van der Waals surface area (Å²) in [6.07, 6.45) is 3.70. The Labute approximate surface area is 151 Å². The van der Waals surface area contributed by atoms with Crippen molar-refractivity contribution < 1.29 is 9.53 Å². The molecule has 2 saturated heterocycles. The lowest BCUT2D eigenvalue weighted by molar-refractivity contribution is 0.198. The summed E-state index contributed by atoms with van der Waals surface area (Å²) in [6.45, 7) is 9.58. The molecule has 0 saturated carbocycles. The topological polar surface area (TPSA) is 44.8 Å². The van der Waals surface area contributed by atoms with Gasteiger partial charge in [0.25, 0.3) is 0 Å². The molecule has 1 aromatic rings. The summed E-state index contributed by atoms with van der Waals surface area (Å²) in [5.41, 5.74) is 1.03. The van der Waals surface area contributed by atoms with Gasteiger partial charge in [0, 0.05) is 31.2 Å². The maximum Gasteiger partial charge on any atom is 0.317 e. The van der Waals surface area contributed by atoms with Crippen LogP contribution in [-0.2, 0) is 6.54 Å². The van der Waals surface area contributed by atoms with Crippen LogP contribution in [0, 0.1) is 5.92 Å². The smallest absolute Gasteiger partial charge is 0.317 e. The third-order valence-electron chi connectivity index (χ3n) is 5.08. The number of likely N-dealkylation sites (tertiary alicyclic amines) is 2. The fourth-order valence-corrected chi connectivity index (χ4v) is 3.66. The van der Waals surface area contributed by atoms with Crippen molar-refractivity contribution in [3.63, 3.8) is 0 Å². The fourth-order valence-electron chi connectivity index (χ4n) is 3.66. The Balaban J connectivity index is 1.49. The monoisotopic (exact) mass is 345 g/mol. The molecule has 0 aliphatic carbocycles. The molecule has 1 atom stereocenters. The fraction of sp³-hybridized carbons (Fsp3) is 0.650. The first-order valence-corrected chi connectivity index (χ1v) is 9.61. The van der Waals surface area contributed by atoms with Crippen molar-refractivity contribution in [3.8, 4) is 5.75 Å². The number of carbonyl (C=O) groups is 1. The standard InChI is InChI=1S/C20H31N3O2/c1-16(2)15-25-19-8-4-3-7-17(19)13-21-20(24)23-12-9-18(14-23)22-10-5-6-11-22/h3-4,7-8,16,18H,5-6,9-15H2,1-2H3,(H,21,24). The average Bonchev–Trinajstić information content (AvgIpc) is 3.29. The number of nitrogens with one attached hydrogen (secondary N) is 1. The van der Waals surface area contributed by atoms with Crippen LogP contribution in [0.1, 0.15) is 38.7 Å². The zero-order valence-corrected chi connectivity index (χ0v) is 15.5. The van der Waals surface area contributed by atoms with Crippen molar-refractivity contribution in [2.45, 2.75) is 45.7 Å². The maximum atomic E-state index is 12.5. The Kier molecular flexibility index (Phi) is 6.19. The molecule has 2 amide bonds. The van der Waals surface area contributed by atoms with Crippen LogP contribution >= 0.6 is 0 Å². The highest BCUT2D eigenvalue weighted by molar-refractivity contribution is 5.74. The number of benzene rings is 1. The van der Waals surface area contributed by atoms with Crippen molar-refractivity contribution in [2.24, 2.45) is 5.92 Å². The lowest BCUT2D eigenvalue weighted by Gasteiger charge is -2.23. The van der Waals surface area contributed by atoms with Crippen molar-refractivity contribution in [2.75, 3.05) is 32.8 Å². The number of urea groups is 1. The molecule has 1 unspecified atom stereocenters. The van der Waals surface area contributed by atoms with E-state index >= 15 is 0 Å². The highest BCUT2D eigenvalue weighted by Gasteiger charge is 2.31. The van der Waals surface area contributed by atoms with Gasteiger partial charge < -0.3 is 15.0 Å². The molecule has 2 heterocycles. The van der Waals surface area contributed by atoms with Gasteiger partial charge in [0.2, 0.25) is 0 Å². The summed E-state index contributed by atoms with van der Waals surface area (Å²) in [6, 6.07) is 8.55. The molecule has 25 heavy (non-hydrogen) atoms. The number of rotatable bonds is 6. The predicted molar refractivity (Wildman–Crippen MR) is 99.8 cm³/mol. The minimum Gasteiger partial charge on any atom is -0.493 e. The zero-order valence-electron chi connectivity index (χ0n) is 15.5. The van der Waals surface area contributed by atoms with Gasteiger partial charge in [0.15, 0.2) is 0 Å². The molecule has 2 fully saturated rings. The van der Waals surface area contributed by atoms with Crippen LogP contribution in [-0.4, -0.2) is 54.7 Å². The first kappa shape index (κ1) is 18.1. The Morgan fingerprint density at radius 1 is 1.24 bits per heavy atom. The van der Waals surface area contributed by atoms with Gasteiger partial charge in [-0.05, 0) is 44.3 Å². The molecule has 1 aromatic carbocycles. The van der Waals surface area contributed by atoms with Crippen molar-refractivity contribution in [3.05, 3.63) is 29.8 Å². The second kappa shape index (κ2) is 8.56. The third-order valence-corrected chi connectivity index (χ3v) is 5.08. The molecule has 5 heteroatoms. The third kappa shape index (κ3) is 4.88. The van der Waals surface area contributed by atoms with Crippen LogP contribution in [0.25, 0.3) is 0 Å². The van der Waals surface area contributed by atoms with E-state index in [1.807, 2.05) is 29.2 Å². The van der Waals surface area contributed by atoms with E-state index in [1.165, 1.54) is 25.9 Å². The highest BCUT2D eigenvalue weighted by atomic mass is 16.5. The summed E-state index contributed by atoms with van der Waals surface area (Å²) in [7, 11) is 0. The molecular weight excluding hydrogens is 314 g/mol. The summed E-state index contributed by atoms with van der Waals surface area (Å²) < 4.78 is 5.87. The van der Waals surface area contributed by atoms with E-state index in [4.69, 9.17) is 4.74 Å². The molecule has 0 bridgehead atoms. The Morgan fingerprint density at radius 2 is 2.00 bits per heavy atom. The normalized spacial score (nSPS) is 21.1. The first-order valence-electron chi connectivity index (χ1n) is 9.61. The number of hydrogen-bond acceptors (Lipinski definition) is 3. The van der Waals surface area contributed by atoms with Gasteiger partial charge in [-0.1, -0.05) is 32.0 Å². The average molecular weight is 345 g/mol. The van der Waals surface area contributed by atoms with E-state index in [-0.39, 0.29) is 6.03 Å². The van der Waals surface area contributed by atoms with E-state index in [1.54, 1.807) is 0 Å². The van der Waals surface area contributed by atoms with Gasteiger partial charge in [-0.25, -0.2) is 4.79 Å². The first-order chi connectivity index (χ1) is 12.1. The van der Waals surface area contributed by atoms with E-state index in [9.17, 15) is 4.79 Å². The largest absolute Gasteiger partial charge is 0.493 e. The van der Waals surface area contributed by atoms with Crippen LogP contribution in [0.3, 0.4) is 0 Å². The predicted octanol–water partition coefficient (Wildman–Crippen LogP) is 3.10. The molecule has 1 N–H and O–H groups in total. The quantitative estimate of drug-likeness (QED) is 0.862. The second-order valence-electron chi connectivity index (χ2n) is 7.60. The zero-order chi connectivity index (χ0) is 17.6. The summed E-state index contributed by atoms with van der Waals surface area (Å²) >= 11 is 0. The number of para-hydroxylation sites is 1. The van der Waals surface area contributed by atoms with Gasteiger partial charge in [-0.3, -0.25) is 4.90 Å². The minimum absolute atomic E-state index is 0.0420. The van der Waals surface area contributed by atoms with Crippen molar-refractivity contribution in [1.29, 1.82) is 0 Å². The molecule has 5 nitrogen and oxygen atoms in total. The Bertz CT molecular complexity index is 570. The van der Waals surface area contributed by atoms with E-state index in [0.29, 0.717) is 25.1 Å². The highest BCUT2D eigenvalue weighted by Crippen LogP contribution is 2.21. The molecule has 0 aromatic heterocycles. The lowest BCUT2D eigenvalue weighted by atomic mass is 10.2. The minimum atomic E-state index is 0.0420. The van der Waals surface area contributed by atoms with Crippen LogP contribution in [0.15, 0.2) is 24.3 Å². The number of hydrogen-bond donors (Lipinski definition) is 1. The van der Waals surface area contributed by atoms with Crippen LogP contribution < -0.4 is 10.1 Å². The summed E-state index contributed by atoms with van der Waals surface area (Å²) in [5, 5.41) is 3.07. The summed E-state index contributed by atoms with van der Waals surface area (Å²) in [5.74, 6) is 1.35. The van der Waals surface area contributed by atoms with Crippen molar-refractivity contribution >= 4 is 6.03 Å². The van der Waals surface area contributed by atoms with Gasteiger partial charge in [0.05, 0.1) is 6.61 Å². The molecule has 3 rings (SSSR count). The van der Waals surface area contributed by atoms with E-state index in [2.05, 4.69) is 24.1 Å². The maximum absolute atomic E-state index is 12.5. The van der Waals surface area contributed by atoms with Gasteiger partial charge in [0.1, 0.15) is 5.75 Å². The molecule has 138 valence electrons. The Hall–Kier alpha value is -1.75. The van der Waals surface area contributed by atoms with E-state index < -0.39 is 0 Å². The van der Waals surface area contributed by atoms with E-state index in [0.717, 1.165) is 30.8 Å². The molecule has 2 aliphatic heterocycles. The summed E-state index contributed by atoms with van der Waals surface area (Å²) in [4.78, 5) is 17.0. The van der Waals surface area contributed by atoms with Crippen LogP contribution in [0.2, 0.25) is 0 Å². The van der Waals surface area contributed by atoms with Gasteiger partial charge in [-0.2, -0.15) is 0 Å². The molecule has 0 radical (unpaired) electrons. The molecule has 2 aliphatic rings. The number of nitrogens with zero attached hydrogens (tertiary/aromatic N) is 2. The number of ether oxygens (including phenoxy) is 1. The van der Waals surface area contributed by atoms with Crippen LogP contribution in [0.4, 0.5) is 4.79 Å². The molecule has 0 spiro atoms. The van der Waals surface area contributed by atoms with Gasteiger partial charge in [-0.15, -0.1) is 0 Å². The lowest BCUT2D eigenvalue weighted by Crippen LogP contribution is -2.41. The molecular formula is C20H31N3O2. The second-order valence-corrected chi connectivity index (χ2v) is 7.60. The van der Waals surface area contributed by atoms with Gasteiger partial charge >= 0.3 is 6.03 Å². The Morgan fingerprint density at radius 3 is 2.76 bits per heavy atom.